The molecule has 2 saturated carbocycles. The van der Waals surface area contributed by atoms with Gasteiger partial charge in [-0.25, -0.2) is 0 Å². The van der Waals surface area contributed by atoms with Crippen molar-refractivity contribution in [3.05, 3.63) is 47.3 Å². The van der Waals surface area contributed by atoms with Crippen LogP contribution in [0.3, 0.4) is 0 Å². The van der Waals surface area contributed by atoms with E-state index in [0.717, 1.165) is 32.1 Å². The molecule has 3 nitrogen and oxygen atoms in total. The van der Waals surface area contributed by atoms with E-state index in [1.54, 1.807) is 0 Å². The Bertz CT molecular complexity index is 859. The molecule has 5 rings (SSSR count). The van der Waals surface area contributed by atoms with Gasteiger partial charge < -0.3 is 10.2 Å². The van der Waals surface area contributed by atoms with Gasteiger partial charge in [-0.3, -0.25) is 4.98 Å². The van der Waals surface area contributed by atoms with Crippen molar-refractivity contribution in [3.63, 3.8) is 0 Å². The minimum atomic E-state index is -0.161. The maximum Gasteiger partial charge on any atom is 0.0577 e. The molecule has 7 atom stereocenters. The van der Waals surface area contributed by atoms with Gasteiger partial charge in [-0.1, -0.05) is 37.1 Å². The first-order valence-corrected chi connectivity index (χ1v) is 11.5. The molecule has 2 fully saturated rings. The van der Waals surface area contributed by atoms with Gasteiger partial charge in [0.1, 0.15) is 0 Å². The third-order valence-corrected chi connectivity index (χ3v) is 9.30. The lowest BCUT2D eigenvalue weighted by Crippen LogP contribution is -2.53. The number of fused-ring (bicyclic) bond motifs is 5. The predicted molar refractivity (Wildman–Crippen MR) is 116 cm³/mol. The quantitative estimate of drug-likeness (QED) is 0.695. The summed E-state index contributed by atoms with van der Waals surface area (Å²) in [4.78, 5) is 4.39. The molecule has 0 saturated heterocycles. The monoisotopic (exact) mass is 393 g/mol. The maximum atomic E-state index is 10.8. The Morgan fingerprint density at radius 2 is 2.00 bits per heavy atom. The molecule has 29 heavy (non-hydrogen) atoms. The van der Waals surface area contributed by atoms with Crippen LogP contribution in [0.1, 0.15) is 64.9 Å². The van der Waals surface area contributed by atoms with E-state index in [1.807, 2.05) is 18.5 Å². The van der Waals surface area contributed by atoms with E-state index < -0.39 is 0 Å². The molecule has 0 amide bonds. The molecular weight excluding hydrogens is 358 g/mol. The van der Waals surface area contributed by atoms with Gasteiger partial charge in [-0.2, -0.15) is 0 Å². The van der Waals surface area contributed by atoms with Crippen LogP contribution in [0.15, 0.2) is 41.7 Å². The zero-order valence-corrected chi connectivity index (χ0v) is 18.1. The van der Waals surface area contributed by atoms with E-state index >= 15 is 0 Å². The van der Waals surface area contributed by atoms with Gasteiger partial charge in [0.15, 0.2) is 0 Å². The van der Waals surface area contributed by atoms with Crippen LogP contribution >= 0.6 is 0 Å². The van der Waals surface area contributed by atoms with Crippen LogP contribution < -0.4 is 0 Å². The van der Waals surface area contributed by atoms with Crippen LogP contribution in [-0.4, -0.2) is 27.9 Å². The van der Waals surface area contributed by atoms with Crippen molar-refractivity contribution in [1.82, 2.24) is 4.98 Å². The highest BCUT2D eigenvalue weighted by Crippen LogP contribution is 2.68. The van der Waals surface area contributed by atoms with Gasteiger partial charge in [-0.05, 0) is 91.7 Å². The third-order valence-electron chi connectivity index (χ3n) is 9.30. The minimum absolute atomic E-state index is 0.127. The third kappa shape index (κ3) is 2.66. The normalized spacial score (nSPS) is 44.0. The highest BCUT2D eigenvalue weighted by molar-refractivity contribution is 5.75. The summed E-state index contributed by atoms with van der Waals surface area (Å²) >= 11 is 0. The molecule has 1 heterocycles. The van der Waals surface area contributed by atoms with Crippen LogP contribution in [0.4, 0.5) is 0 Å². The zero-order chi connectivity index (χ0) is 20.4. The van der Waals surface area contributed by atoms with Crippen molar-refractivity contribution < 1.29 is 10.2 Å². The SMILES string of the molecule is CC1=C(c2cccnc2)[C@@]2(CO)CC[C@H]3[C@@H]([C@H](C)C=C4C[C@H](O)CC[C@@]43C)[C@@H]2C1. The molecule has 0 aliphatic heterocycles. The van der Waals surface area contributed by atoms with Crippen molar-refractivity contribution in [3.8, 4) is 0 Å². The number of aromatic nitrogens is 1. The van der Waals surface area contributed by atoms with Crippen molar-refractivity contribution in [2.45, 2.75) is 65.4 Å². The van der Waals surface area contributed by atoms with E-state index in [2.05, 4.69) is 37.9 Å². The molecule has 3 heteroatoms. The fourth-order valence-corrected chi connectivity index (χ4v) is 8.06. The van der Waals surface area contributed by atoms with Crippen LogP contribution in [-0.2, 0) is 0 Å². The molecule has 0 aromatic carbocycles. The van der Waals surface area contributed by atoms with E-state index in [4.69, 9.17) is 0 Å². The van der Waals surface area contributed by atoms with Gasteiger partial charge in [0.05, 0.1) is 12.7 Å². The second kappa shape index (κ2) is 6.78. The summed E-state index contributed by atoms with van der Waals surface area (Å²) in [5.74, 6) is 2.27. The van der Waals surface area contributed by atoms with Crippen LogP contribution in [0, 0.1) is 34.5 Å². The number of pyridine rings is 1. The Kier molecular flexibility index (Phi) is 4.56. The number of hydrogen-bond donors (Lipinski definition) is 2. The van der Waals surface area contributed by atoms with Crippen LogP contribution in [0.25, 0.3) is 5.57 Å². The highest BCUT2D eigenvalue weighted by Gasteiger charge is 2.60. The summed E-state index contributed by atoms with van der Waals surface area (Å²) in [6.07, 6.45) is 12.4. The number of hydrogen-bond acceptors (Lipinski definition) is 3. The topological polar surface area (TPSA) is 53.4 Å². The summed E-state index contributed by atoms with van der Waals surface area (Å²) in [6.45, 7) is 7.37. The average molecular weight is 394 g/mol. The molecule has 0 radical (unpaired) electrons. The second-order valence-electron chi connectivity index (χ2n) is 10.6. The minimum Gasteiger partial charge on any atom is -0.395 e. The molecule has 156 valence electrons. The van der Waals surface area contributed by atoms with Crippen molar-refractivity contribution >= 4 is 5.57 Å². The molecule has 2 N–H and O–H groups in total. The Balaban J connectivity index is 1.57. The van der Waals surface area contributed by atoms with E-state index in [-0.39, 0.29) is 23.5 Å². The lowest BCUT2D eigenvalue weighted by atomic mass is 9.45. The van der Waals surface area contributed by atoms with E-state index in [0.29, 0.717) is 23.7 Å². The smallest absolute Gasteiger partial charge is 0.0577 e. The molecule has 1 aromatic rings. The first-order chi connectivity index (χ1) is 13.9. The largest absolute Gasteiger partial charge is 0.395 e. The summed E-state index contributed by atoms with van der Waals surface area (Å²) in [7, 11) is 0. The molecule has 0 spiro atoms. The van der Waals surface area contributed by atoms with Crippen molar-refractivity contribution in [1.29, 1.82) is 0 Å². The average Bonchev–Trinajstić information content (AvgIpc) is 3.02. The second-order valence-corrected chi connectivity index (χ2v) is 10.6. The lowest BCUT2D eigenvalue weighted by molar-refractivity contribution is -0.0628. The Morgan fingerprint density at radius 1 is 1.17 bits per heavy atom. The van der Waals surface area contributed by atoms with Gasteiger partial charge in [-0.15, -0.1) is 0 Å². The van der Waals surface area contributed by atoms with Gasteiger partial charge in [0.25, 0.3) is 0 Å². The van der Waals surface area contributed by atoms with Gasteiger partial charge in [0.2, 0.25) is 0 Å². The summed E-state index contributed by atoms with van der Waals surface area (Å²) in [6, 6.07) is 4.19. The maximum absolute atomic E-state index is 10.8. The summed E-state index contributed by atoms with van der Waals surface area (Å²) < 4.78 is 0. The van der Waals surface area contributed by atoms with E-state index in [9.17, 15) is 10.2 Å². The molecule has 0 unspecified atom stereocenters. The number of aliphatic hydroxyl groups is 2. The molecule has 0 bridgehead atoms. The molecule has 4 aliphatic carbocycles. The summed E-state index contributed by atoms with van der Waals surface area (Å²) in [5, 5.41) is 21.1. The van der Waals surface area contributed by atoms with Gasteiger partial charge >= 0.3 is 0 Å². The standard InChI is InChI=1S/C26H35NO2/c1-16-11-19-13-20(29)6-8-25(19,3)21-7-9-26(15-28)22(23(16)21)12-17(2)24(26)18-5-4-10-27-14-18/h4-5,10-11,14,16,20-23,28-29H,6-9,12-13,15H2,1-3H3/t16-,20-,21+,22+,23-,25+,26-/m1/s1. The molecule has 1 aromatic heterocycles. The number of allylic oxidation sites excluding steroid dienone is 2. The Labute approximate surface area is 175 Å². The predicted octanol–water partition coefficient (Wildman–Crippen LogP) is 5.01. The lowest BCUT2D eigenvalue weighted by Gasteiger charge is -2.59. The molecular formula is C26H35NO2. The van der Waals surface area contributed by atoms with Crippen molar-refractivity contribution in [2.75, 3.05) is 6.61 Å². The fraction of sp³-hybridized carbons (Fsp3) is 0.654. The molecule has 4 aliphatic rings. The number of nitrogens with zero attached hydrogens (tertiary/aromatic N) is 1. The Hall–Kier alpha value is -1.45. The summed E-state index contributed by atoms with van der Waals surface area (Å²) in [5.41, 5.74) is 5.64. The van der Waals surface area contributed by atoms with Gasteiger partial charge in [0, 0.05) is 17.8 Å². The van der Waals surface area contributed by atoms with E-state index in [1.165, 1.54) is 28.7 Å². The zero-order valence-electron chi connectivity index (χ0n) is 18.1. The van der Waals surface area contributed by atoms with Crippen LogP contribution in [0.5, 0.6) is 0 Å². The number of rotatable bonds is 2. The Morgan fingerprint density at radius 3 is 2.72 bits per heavy atom. The van der Waals surface area contributed by atoms with Crippen molar-refractivity contribution in [2.24, 2.45) is 34.5 Å². The first-order valence-electron chi connectivity index (χ1n) is 11.5. The first kappa shape index (κ1) is 19.5. The van der Waals surface area contributed by atoms with Crippen LogP contribution in [0.2, 0.25) is 0 Å². The fourth-order valence-electron chi connectivity index (χ4n) is 8.06. The highest BCUT2D eigenvalue weighted by atomic mass is 16.3. The number of aliphatic hydroxyl groups excluding tert-OH is 2.